The third-order valence-corrected chi connectivity index (χ3v) is 5.83. The molecule has 2 rings (SSSR count). The van der Waals surface area contributed by atoms with E-state index in [1.165, 1.54) is 29.7 Å². The lowest BCUT2D eigenvalue weighted by Crippen LogP contribution is -2.17. The highest BCUT2D eigenvalue weighted by molar-refractivity contribution is 8.08. The van der Waals surface area contributed by atoms with E-state index in [1.54, 1.807) is 0 Å². The van der Waals surface area contributed by atoms with Crippen molar-refractivity contribution in [2.45, 2.75) is 21.5 Å². The highest BCUT2D eigenvalue weighted by atomic mass is 32.2. The first kappa shape index (κ1) is 18.4. The zero-order valence-corrected chi connectivity index (χ0v) is 14.0. The second-order valence-corrected chi connectivity index (χ2v) is 7.03. The Kier molecular flexibility index (Phi) is 6.71. The van der Waals surface area contributed by atoms with Crippen LogP contribution in [0.4, 0.5) is 0 Å². The Hall–Kier alpha value is -1.97. The summed E-state index contributed by atoms with van der Waals surface area (Å²) >= 11 is 2.82. The predicted octanol–water partition coefficient (Wildman–Crippen LogP) is 2.06. The standard InChI is InChI=1S/C15H15NO6S2/c17-7-12-15(24-11-4-2-1-3-10(11)23-12)9(5-13(18)19)6-16-22-8-14(20)21/h1-4,6,12,17H,5,7-8H2,(H,18,19)(H,20,21)/b15-9-,16-6+. The molecular weight excluding hydrogens is 354 g/mol. The fraction of sp³-hybridized carbons (Fsp3) is 0.267. The van der Waals surface area contributed by atoms with Gasteiger partial charge in [-0.2, -0.15) is 0 Å². The first-order valence-electron chi connectivity index (χ1n) is 6.87. The van der Waals surface area contributed by atoms with E-state index in [4.69, 9.17) is 10.2 Å². The third-order valence-electron chi connectivity index (χ3n) is 2.93. The summed E-state index contributed by atoms with van der Waals surface area (Å²) in [6.45, 7) is -0.769. The smallest absolute Gasteiger partial charge is 0.344 e. The summed E-state index contributed by atoms with van der Waals surface area (Å²) in [6, 6.07) is 7.63. The molecule has 9 heteroatoms. The van der Waals surface area contributed by atoms with Gasteiger partial charge in [0, 0.05) is 14.7 Å². The third kappa shape index (κ3) is 5.02. The molecule has 24 heavy (non-hydrogen) atoms. The van der Waals surface area contributed by atoms with E-state index < -0.39 is 18.5 Å². The maximum atomic E-state index is 11.1. The lowest BCUT2D eigenvalue weighted by Gasteiger charge is -2.26. The quantitative estimate of drug-likeness (QED) is 0.494. The monoisotopic (exact) mass is 369 g/mol. The summed E-state index contributed by atoms with van der Waals surface area (Å²) in [5.41, 5.74) is 0.374. The van der Waals surface area contributed by atoms with Crippen LogP contribution >= 0.6 is 23.5 Å². The molecule has 1 heterocycles. The summed E-state index contributed by atoms with van der Waals surface area (Å²) in [5.74, 6) is -2.23. The van der Waals surface area contributed by atoms with Crippen LogP contribution in [0, 0.1) is 0 Å². The number of carboxylic acid groups (broad SMARTS) is 2. The molecule has 1 unspecified atom stereocenters. The number of carbonyl (C=O) groups is 2. The lowest BCUT2D eigenvalue weighted by atomic mass is 10.1. The van der Waals surface area contributed by atoms with Crippen molar-refractivity contribution < 1.29 is 29.7 Å². The SMILES string of the molecule is O=C(O)CO/N=C/C(CC(=O)O)=C1\Sc2ccccc2SC1CO. The summed E-state index contributed by atoms with van der Waals surface area (Å²) in [6.07, 6.45) is 0.901. The van der Waals surface area contributed by atoms with Gasteiger partial charge in [0.25, 0.3) is 0 Å². The van der Waals surface area contributed by atoms with Gasteiger partial charge < -0.3 is 20.2 Å². The number of oxime groups is 1. The van der Waals surface area contributed by atoms with Crippen molar-refractivity contribution in [3.05, 3.63) is 34.7 Å². The molecule has 1 atom stereocenters. The molecule has 0 fully saturated rings. The maximum Gasteiger partial charge on any atom is 0.344 e. The van der Waals surface area contributed by atoms with Crippen LogP contribution in [-0.2, 0) is 14.4 Å². The van der Waals surface area contributed by atoms with Crippen LogP contribution in [0.5, 0.6) is 0 Å². The number of aliphatic hydroxyl groups is 1. The van der Waals surface area contributed by atoms with Crippen molar-refractivity contribution in [2.24, 2.45) is 5.16 Å². The van der Waals surface area contributed by atoms with Crippen molar-refractivity contribution in [1.82, 2.24) is 0 Å². The molecule has 3 N–H and O–H groups in total. The van der Waals surface area contributed by atoms with Gasteiger partial charge >= 0.3 is 11.9 Å². The van der Waals surface area contributed by atoms with Crippen molar-refractivity contribution in [1.29, 1.82) is 0 Å². The van der Waals surface area contributed by atoms with Gasteiger partial charge in [0.1, 0.15) is 0 Å². The Morgan fingerprint density at radius 1 is 1.21 bits per heavy atom. The number of nitrogens with zero attached hydrogens (tertiary/aromatic N) is 1. The molecule has 0 radical (unpaired) electrons. The molecule has 0 amide bonds. The van der Waals surface area contributed by atoms with Crippen LogP contribution in [-0.4, -0.2) is 51.9 Å². The van der Waals surface area contributed by atoms with E-state index in [2.05, 4.69) is 9.99 Å². The van der Waals surface area contributed by atoms with Crippen LogP contribution in [0.15, 0.2) is 49.7 Å². The number of fused-ring (bicyclic) bond motifs is 1. The van der Waals surface area contributed by atoms with Crippen LogP contribution in [0.1, 0.15) is 6.42 Å². The second-order valence-electron chi connectivity index (χ2n) is 4.70. The number of aliphatic hydroxyl groups excluding tert-OH is 1. The predicted molar refractivity (Wildman–Crippen MR) is 90.4 cm³/mol. The molecule has 0 spiro atoms. The zero-order chi connectivity index (χ0) is 17.5. The summed E-state index contributed by atoms with van der Waals surface area (Å²) in [5, 5.41) is 30.5. The number of aliphatic carboxylic acids is 2. The summed E-state index contributed by atoms with van der Waals surface area (Å²) in [4.78, 5) is 28.8. The summed E-state index contributed by atoms with van der Waals surface area (Å²) in [7, 11) is 0. The average molecular weight is 369 g/mol. The first-order chi connectivity index (χ1) is 11.5. The summed E-state index contributed by atoms with van der Waals surface area (Å²) < 4.78 is 0. The topological polar surface area (TPSA) is 116 Å². The molecule has 1 aromatic carbocycles. The Morgan fingerprint density at radius 3 is 2.54 bits per heavy atom. The average Bonchev–Trinajstić information content (AvgIpc) is 2.55. The van der Waals surface area contributed by atoms with Gasteiger partial charge in [0.2, 0.25) is 6.61 Å². The van der Waals surface area contributed by atoms with Gasteiger partial charge in [-0.25, -0.2) is 4.79 Å². The number of thioether (sulfide) groups is 2. The Balaban J connectivity index is 2.32. The normalized spacial score (nSPS) is 19.0. The van der Waals surface area contributed by atoms with Crippen LogP contribution in [0.25, 0.3) is 0 Å². The minimum atomic E-state index is -1.18. The minimum absolute atomic E-state index is 0.158. The van der Waals surface area contributed by atoms with Crippen molar-refractivity contribution >= 4 is 41.7 Å². The molecule has 1 aliphatic heterocycles. The minimum Gasteiger partial charge on any atom is -0.481 e. The van der Waals surface area contributed by atoms with Crippen LogP contribution in [0.2, 0.25) is 0 Å². The number of benzene rings is 1. The van der Waals surface area contributed by atoms with E-state index in [0.29, 0.717) is 10.5 Å². The van der Waals surface area contributed by atoms with E-state index >= 15 is 0 Å². The Morgan fingerprint density at radius 2 is 1.92 bits per heavy atom. The van der Waals surface area contributed by atoms with E-state index in [-0.39, 0.29) is 18.3 Å². The van der Waals surface area contributed by atoms with Gasteiger partial charge in [0.05, 0.1) is 24.5 Å². The van der Waals surface area contributed by atoms with Gasteiger partial charge in [-0.05, 0) is 17.7 Å². The molecule has 1 aromatic rings. The molecule has 0 saturated heterocycles. The van der Waals surface area contributed by atoms with Gasteiger partial charge in [0.15, 0.2) is 0 Å². The Bertz CT molecular complexity index is 688. The number of carboxylic acids is 2. The van der Waals surface area contributed by atoms with Gasteiger partial charge in [-0.1, -0.05) is 29.1 Å². The zero-order valence-electron chi connectivity index (χ0n) is 12.4. The Labute approximate surface area is 146 Å². The molecule has 0 bridgehead atoms. The number of rotatable bonds is 7. The van der Waals surface area contributed by atoms with E-state index in [1.807, 2.05) is 24.3 Å². The molecule has 0 aliphatic carbocycles. The van der Waals surface area contributed by atoms with E-state index in [9.17, 15) is 14.7 Å². The molecule has 7 nitrogen and oxygen atoms in total. The van der Waals surface area contributed by atoms with Crippen molar-refractivity contribution in [3.63, 3.8) is 0 Å². The maximum absolute atomic E-state index is 11.1. The van der Waals surface area contributed by atoms with Gasteiger partial charge in [-0.3, -0.25) is 4.79 Å². The van der Waals surface area contributed by atoms with Crippen molar-refractivity contribution in [2.75, 3.05) is 13.2 Å². The molecule has 128 valence electrons. The molecule has 0 saturated carbocycles. The second kappa shape index (κ2) is 8.76. The van der Waals surface area contributed by atoms with Crippen molar-refractivity contribution in [3.8, 4) is 0 Å². The molecular formula is C15H15NO6S2. The molecule has 0 aromatic heterocycles. The first-order valence-corrected chi connectivity index (χ1v) is 8.57. The van der Waals surface area contributed by atoms with Crippen LogP contribution in [0.3, 0.4) is 0 Å². The van der Waals surface area contributed by atoms with Crippen LogP contribution < -0.4 is 0 Å². The van der Waals surface area contributed by atoms with Gasteiger partial charge in [-0.15, -0.1) is 11.8 Å². The van der Waals surface area contributed by atoms with E-state index in [0.717, 1.165) is 9.79 Å². The number of hydrogen-bond donors (Lipinski definition) is 3. The lowest BCUT2D eigenvalue weighted by molar-refractivity contribution is -0.142. The largest absolute Gasteiger partial charge is 0.481 e. The molecule has 1 aliphatic rings. The fourth-order valence-corrected chi connectivity index (χ4v) is 4.52. The highest BCUT2D eigenvalue weighted by Gasteiger charge is 2.27. The number of hydrogen-bond acceptors (Lipinski definition) is 7. The fourth-order valence-electron chi connectivity index (χ4n) is 1.97. The highest BCUT2D eigenvalue weighted by Crippen LogP contribution is 2.48.